The summed E-state index contributed by atoms with van der Waals surface area (Å²) in [5.74, 6) is 0.704. The average Bonchev–Trinajstić information content (AvgIpc) is 2.89. The number of anilines is 2. The third-order valence-corrected chi connectivity index (χ3v) is 5.21. The number of hydrogen-bond acceptors (Lipinski definition) is 2. The summed E-state index contributed by atoms with van der Waals surface area (Å²) in [5, 5.41) is 0.904. The van der Waals surface area contributed by atoms with Gasteiger partial charge in [-0.05, 0) is 37.3 Å². The summed E-state index contributed by atoms with van der Waals surface area (Å²) in [6, 6.07) is 8.38. The van der Waals surface area contributed by atoms with Crippen LogP contribution in [0.1, 0.15) is 25.7 Å². The Hall–Kier alpha value is -1.03. The molecule has 2 heterocycles. The Balaban J connectivity index is 1.87. The summed E-state index contributed by atoms with van der Waals surface area (Å²) in [7, 11) is 0. The highest BCUT2D eigenvalue weighted by Gasteiger charge is 2.31. The fraction of sp³-hybridized carbons (Fsp3) is 0.562. The minimum Gasteiger partial charge on any atom is -0.370 e. The number of benzene rings is 1. The first-order valence-electron chi connectivity index (χ1n) is 7.50. The van der Waals surface area contributed by atoms with Crippen molar-refractivity contribution in [3.8, 4) is 0 Å². The van der Waals surface area contributed by atoms with Crippen LogP contribution in [0.4, 0.5) is 11.4 Å². The highest BCUT2D eigenvalue weighted by atomic mass is 79.9. The number of rotatable bonds is 3. The predicted octanol–water partition coefficient (Wildman–Crippen LogP) is 3.42. The van der Waals surface area contributed by atoms with Crippen LogP contribution < -0.4 is 9.80 Å². The second-order valence-electron chi connectivity index (χ2n) is 5.77. The van der Waals surface area contributed by atoms with Crippen LogP contribution in [0.3, 0.4) is 0 Å². The number of para-hydroxylation sites is 2. The standard InChI is InChI=1S/C16H21BrN2O/c17-11-13-10-16(20)19(12-13)15-7-3-2-6-14(15)18-8-4-1-5-9-18/h2-3,6-7,13H,1,4-5,8-12H2. The first kappa shape index (κ1) is 13.9. The van der Waals surface area contributed by atoms with Gasteiger partial charge >= 0.3 is 0 Å². The monoisotopic (exact) mass is 336 g/mol. The topological polar surface area (TPSA) is 23.6 Å². The molecule has 0 bridgehead atoms. The van der Waals surface area contributed by atoms with Crippen molar-refractivity contribution in [3.05, 3.63) is 24.3 Å². The van der Waals surface area contributed by atoms with Gasteiger partial charge in [-0.1, -0.05) is 28.1 Å². The molecule has 0 aromatic heterocycles. The van der Waals surface area contributed by atoms with Crippen molar-refractivity contribution < 1.29 is 4.79 Å². The van der Waals surface area contributed by atoms with Crippen LogP contribution in [0.25, 0.3) is 0 Å². The number of amides is 1. The van der Waals surface area contributed by atoms with E-state index in [1.807, 2.05) is 11.0 Å². The molecule has 0 saturated carbocycles. The summed E-state index contributed by atoms with van der Waals surface area (Å²) in [6.07, 6.45) is 4.51. The van der Waals surface area contributed by atoms with E-state index in [0.717, 1.165) is 30.7 Å². The molecule has 2 saturated heterocycles. The highest BCUT2D eigenvalue weighted by molar-refractivity contribution is 9.09. The van der Waals surface area contributed by atoms with Crippen molar-refractivity contribution in [1.29, 1.82) is 0 Å². The van der Waals surface area contributed by atoms with Gasteiger partial charge in [-0.2, -0.15) is 0 Å². The van der Waals surface area contributed by atoms with Gasteiger partial charge in [0.25, 0.3) is 0 Å². The number of hydrogen-bond donors (Lipinski definition) is 0. The number of carbonyl (C=O) groups excluding carboxylic acids is 1. The smallest absolute Gasteiger partial charge is 0.227 e. The van der Waals surface area contributed by atoms with Crippen molar-refractivity contribution in [2.45, 2.75) is 25.7 Å². The molecule has 4 heteroatoms. The highest BCUT2D eigenvalue weighted by Crippen LogP contribution is 2.35. The largest absolute Gasteiger partial charge is 0.370 e. The zero-order chi connectivity index (χ0) is 13.9. The van der Waals surface area contributed by atoms with Gasteiger partial charge in [0.2, 0.25) is 5.91 Å². The van der Waals surface area contributed by atoms with Crippen molar-refractivity contribution in [2.75, 3.05) is 34.8 Å². The minimum atomic E-state index is 0.263. The van der Waals surface area contributed by atoms with E-state index in [1.54, 1.807) is 0 Å². The Morgan fingerprint density at radius 3 is 2.45 bits per heavy atom. The van der Waals surface area contributed by atoms with E-state index < -0.39 is 0 Å². The number of halogens is 1. The molecule has 2 fully saturated rings. The maximum Gasteiger partial charge on any atom is 0.227 e. The molecule has 2 aliphatic rings. The molecule has 3 nitrogen and oxygen atoms in total. The predicted molar refractivity (Wildman–Crippen MR) is 86.8 cm³/mol. The molecule has 1 atom stereocenters. The van der Waals surface area contributed by atoms with Crippen LogP contribution in [0.15, 0.2) is 24.3 Å². The number of piperidine rings is 1. The van der Waals surface area contributed by atoms with Crippen molar-refractivity contribution >= 4 is 33.2 Å². The number of carbonyl (C=O) groups is 1. The van der Waals surface area contributed by atoms with Gasteiger partial charge in [0.15, 0.2) is 0 Å². The van der Waals surface area contributed by atoms with E-state index in [4.69, 9.17) is 0 Å². The first-order valence-corrected chi connectivity index (χ1v) is 8.62. The molecule has 0 spiro atoms. The van der Waals surface area contributed by atoms with Crippen LogP contribution in [0.5, 0.6) is 0 Å². The second-order valence-corrected chi connectivity index (χ2v) is 6.41. The number of alkyl halides is 1. The van der Waals surface area contributed by atoms with Crippen LogP contribution >= 0.6 is 15.9 Å². The Kier molecular flexibility index (Phi) is 4.29. The fourth-order valence-corrected chi connectivity index (χ4v) is 3.65. The van der Waals surface area contributed by atoms with E-state index in [-0.39, 0.29) is 5.91 Å². The minimum absolute atomic E-state index is 0.263. The summed E-state index contributed by atoms with van der Waals surface area (Å²) in [4.78, 5) is 16.7. The Bertz CT molecular complexity index is 485. The fourth-order valence-electron chi connectivity index (χ4n) is 3.21. The van der Waals surface area contributed by atoms with Gasteiger partial charge < -0.3 is 9.80 Å². The zero-order valence-corrected chi connectivity index (χ0v) is 13.3. The van der Waals surface area contributed by atoms with E-state index in [2.05, 4.69) is 39.0 Å². The maximum absolute atomic E-state index is 12.3. The lowest BCUT2D eigenvalue weighted by Gasteiger charge is -2.32. The van der Waals surface area contributed by atoms with Crippen LogP contribution in [-0.4, -0.2) is 30.9 Å². The molecule has 1 amide bonds. The van der Waals surface area contributed by atoms with Crippen molar-refractivity contribution in [3.63, 3.8) is 0 Å². The van der Waals surface area contributed by atoms with E-state index in [1.165, 1.54) is 24.9 Å². The second kappa shape index (κ2) is 6.17. The average molecular weight is 337 g/mol. The molecule has 1 unspecified atom stereocenters. The Morgan fingerprint density at radius 2 is 1.80 bits per heavy atom. The number of nitrogens with zero attached hydrogens (tertiary/aromatic N) is 2. The van der Waals surface area contributed by atoms with Gasteiger partial charge in [0, 0.05) is 31.4 Å². The van der Waals surface area contributed by atoms with Crippen LogP contribution in [-0.2, 0) is 4.79 Å². The molecule has 0 N–H and O–H groups in total. The lowest BCUT2D eigenvalue weighted by molar-refractivity contribution is -0.117. The Labute approximate surface area is 129 Å². The van der Waals surface area contributed by atoms with Crippen molar-refractivity contribution in [2.24, 2.45) is 5.92 Å². The van der Waals surface area contributed by atoms with E-state index >= 15 is 0 Å². The summed E-state index contributed by atoms with van der Waals surface area (Å²) < 4.78 is 0. The normalized spacial score (nSPS) is 23.4. The lowest BCUT2D eigenvalue weighted by Crippen LogP contribution is -2.33. The summed E-state index contributed by atoms with van der Waals surface area (Å²) in [5.41, 5.74) is 2.33. The summed E-state index contributed by atoms with van der Waals surface area (Å²) >= 11 is 3.51. The van der Waals surface area contributed by atoms with Crippen LogP contribution in [0.2, 0.25) is 0 Å². The Morgan fingerprint density at radius 1 is 1.10 bits per heavy atom. The van der Waals surface area contributed by atoms with E-state index in [9.17, 15) is 4.79 Å². The van der Waals surface area contributed by atoms with E-state index in [0.29, 0.717) is 12.3 Å². The zero-order valence-electron chi connectivity index (χ0n) is 11.7. The van der Waals surface area contributed by atoms with Crippen LogP contribution in [0, 0.1) is 5.92 Å². The van der Waals surface area contributed by atoms with Gasteiger partial charge in [-0.15, -0.1) is 0 Å². The molecule has 1 aromatic carbocycles. The summed E-state index contributed by atoms with van der Waals surface area (Å²) in [6.45, 7) is 3.07. The van der Waals surface area contributed by atoms with Crippen molar-refractivity contribution in [1.82, 2.24) is 0 Å². The molecular formula is C16H21BrN2O. The molecular weight excluding hydrogens is 316 g/mol. The van der Waals surface area contributed by atoms with Gasteiger partial charge in [0.05, 0.1) is 11.4 Å². The van der Waals surface area contributed by atoms with Gasteiger partial charge in [-0.3, -0.25) is 4.79 Å². The lowest BCUT2D eigenvalue weighted by atomic mass is 10.1. The molecule has 108 valence electrons. The third-order valence-electron chi connectivity index (χ3n) is 4.29. The molecule has 1 aromatic rings. The maximum atomic E-state index is 12.3. The molecule has 0 aliphatic carbocycles. The first-order chi connectivity index (χ1) is 9.79. The SMILES string of the molecule is O=C1CC(CBr)CN1c1ccccc1N1CCCCC1. The molecule has 20 heavy (non-hydrogen) atoms. The third kappa shape index (κ3) is 2.71. The quantitative estimate of drug-likeness (QED) is 0.789. The molecule has 3 rings (SSSR count). The molecule has 2 aliphatic heterocycles. The molecule has 0 radical (unpaired) electrons. The van der Waals surface area contributed by atoms with Gasteiger partial charge in [-0.25, -0.2) is 0 Å². The van der Waals surface area contributed by atoms with Gasteiger partial charge in [0.1, 0.15) is 0 Å².